The molecule has 1 saturated heterocycles. The van der Waals surface area contributed by atoms with E-state index >= 15 is 0 Å². The Kier molecular flexibility index (Phi) is 11.1. The third kappa shape index (κ3) is 9.00. The van der Waals surface area contributed by atoms with E-state index in [9.17, 15) is 24.6 Å². The normalized spacial score (nSPS) is 29.4. The molecule has 9 heteroatoms. The fraction of sp³-hybridized carbons (Fsp3) is 0.704. The molecule has 0 spiro atoms. The maximum absolute atomic E-state index is 13.2. The molecule has 8 nitrogen and oxygen atoms in total. The zero-order valence-electron chi connectivity index (χ0n) is 22.4. The number of aryl methyl sites for hydroxylation is 1. The zero-order chi connectivity index (χ0) is 27.0. The van der Waals surface area contributed by atoms with Gasteiger partial charge in [-0.05, 0) is 50.7 Å². The van der Waals surface area contributed by atoms with E-state index in [4.69, 9.17) is 4.74 Å². The molecule has 5 atom stereocenters. The van der Waals surface area contributed by atoms with Crippen LogP contribution >= 0.6 is 11.3 Å². The Morgan fingerprint density at radius 2 is 1.92 bits per heavy atom. The fourth-order valence-corrected chi connectivity index (χ4v) is 5.40. The molecule has 4 unspecified atom stereocenters. The molecule has 0 saturated carbocycles. The number of Topliss-reactive ketones (excluding diaryl/α,β-unsaturated/α-hetero) is 1. The average Bonchev–Trinajstić information content (AvgIpc) is 3.21. The van der Waals surface area contributed by atoms with Crippen LogP contribution in [-0.2, 0) is 14.3 Å². The van der Waals surface area contributed by atoms with Crippen LogP contribution in [-0.4, -0.2) is 51.3 Å². The summed E-state index contributed by atoms with van der Waals surface area (Å²) in [6.45, 7) is 11.1. The number of hydrogen-bond donors (Lipinski definition) is 3. The molecule has 202 valence electrons. The number of carbonyl (C=O) groups excluding carboxylic acids is 2. The Balaban J connectivity index is 2.32. The van der Waals surface area contributed by atoms with Crippen LogP contribution in [0.4, 0.5) is 4.79 Å². The van der Waals surface area contributed by atoms with Crippen LogP contribution in [0.15, 0.2) is 11.0 Å². The zero-order valence-corrected chi connectivity index (χ0v) is 23.2. The van der Waals surface area contributed by atoms with Gasteiger partial charge in [0.25, 0.3) is 0 Å². The van der Waals surface area contributed by atoms with Crippen LogP contribution in [0, 0.1) is 24.2 Å². The summed E-state index contributed by atoms with van der Waals surface area (Å²) in [5.41, 5.74) is 0.768. The lowest BCUT2D eigenvalue weighted by Crippen LogP contribution is -2.40. The van der Waals surface area contributed by atoms with Crippen LogP contribution in [0.25, 0.3) is 6.08 Å². The van der Waals surface area contributed by atoms with Crippen molar-refractivity contribution in [2.24, 2.45) is 17.3 Å². The first-order valence-electron chi connectivity index (χ1n) is 12.8. The Morgan fingerprint density at radius 1 is 1.25 bits per heavy atom. The predicted molar refractivity (Wildman–Crippen MR) is 141 cm³/mol. The highest BCUT2D eigenvalue weighted by Crippen LogP contribution is 2.32. The van der Waals surface area contributed by atoms with Crippen LogP contribution < -0.4 is 5.32 Å². The van der Waals surface area contributed by atoms with E-state index in [1.54, 1.807) is 20.8 Å². The lowest BCUT2D eigenvalue weighted by molar-refractivity contribution is -0.149. The second-order valence-corrected chi connectivity index (χ2v) is 11.9. The molecule has 1 fully saturated rings. The number of aliphatic hydroxyl groups is 1. The van der Waals surface area contributed by atoms with Crippen molar-refractivity contribution >= 4 is 35.3 Å². The highest BCUT2D eigenvalue weighted by atomic mass is 32.1. The monoisotopic (exact) mass is 522 g/mol. The topological polar surface area (TPSA) is 126 Å². The molecule has 2 heterocycles. The highest BCUT2D eigenvalue weighted by molar-refractivity contribution is 7.09. The number of ketones is 1. The Labute approximate surface area is 218 Å². The molecular weight excluding hydrogens is 480 g/mol. The van der Waals surface area contributed by atoms with Gasteiger partial charge in [-0.15, -0.1) is 11.3 Å². The number of ether oxygens (including phenoxy) is 1. The number of nitrogens with one attached hydrogen (secondary N) is 1. The number of hydrogen-bond acceptors (Lipinski definition) is 7. The first-order valence-corrected chi connectivity index (χ1v) is 13.7. The lowest BCUT2D eigenvalue weighted by atomic mass is 9.74. The molecule has 1 amide bonds. The fourth-order valence-electron chi connectivity index (χ4n) is 4.83. The largest absolute Gasteiger partial charge is 0.465 e. The molecule has 0 bridgehead atoms. The molecule has 2 rings (SSSR count). The first kappa shape index (κ1) is 30.0. The number of amides is 1. The van der Waals surface area contributed by atoms with Gasteiger partial charge in [-0.3, -0.25) is 9.59 Å². The highest BCUT2D eigenvalue weighted by Gasteiger charge is 2.37. The van der Waals surface area contributed by atoms with Crippen LogP contribution in [0.1, 0.15) is 90.3 Å². The summed E-state index contributed by atoms with van der Waals surface area (Å²) in [7, 11) is 0. The van der Waals surface area contributed by atoms with Gasteiger partial charge < -0.3 is 20.3 Å². The van der Waals surface area contributed by atoms with Crippen molar-refractivity contribution in [1.29, 1.82) is 0 Å². The van der Waals surface area contributed by atoms with E-state index in [-0.39, 0.29) is 18.1 Å². The third-order valence-corrected chi connectivity index (χ3v) is 8.00. The summed E-state index contributed by atoms with van der Waals surface area (Å²) in [6.07, 6.45) is 2.86. The van der Waals surface area contributed by atoms with Crippen molar-refractivity contribution in [2.75, 3.05) is 0 Å². The van der Waals surface area contributed by atoms with Crippen molar-refractivity contribution < 1.29 is 29.3 Å². The van der Waals surface area contributed by atoms with Crippen molar-refractivity contribution in [1.82, 2.24) is 10.3 Å². The lowest BCUT2D eigenvalue weighted by Gasteiger charge is -2.32. The number of cyclic esters (lactones) is 1. The molecule has 1 aliphatic heterocycles. The number of rotatable bonds is 3. The predicted octanol–water partition coefficient (Wildman–Crippen LogP) is 5.38. The number of carbonyl (C=O) groups is 3. The quantitative estimate of drug-likeness (QED) is 0.455. The van der Waals surface area contributed by atoms with Crippen LogP contribution in [0.5, 0.6) is 0 Å². The Morgan fingerprint density at radius 3 is 2.53 bits per heavy atom. The van der Waals surface area contributed by atoms with E-state index < -0.39 is 41.6 Å². The number of aliphatic hydroxyl groups excluding tert-OH is 1. The van der Waals surface area contributed by atoms with Gasteiger partial charge in [-0.1, -0.05) is 40.5 Å². The van der Waals surface area contributed by atoms with Gasteiger partial charge in [-0.25, -0.2) is 9.78 Å². The van der Waals surface area contributed by atoms with Crippen LogP contribution in [0.2, 0.25) is 0 Å². The standard InChI is InChI=1S/C27H42N2O6S/c1-16-9-7-8-10-20(29-26(33)34)14-22(17(2)13-21-15-36-19(4)28-21)35-23(30)11-12-27(5,6)25(32)18(3)24(16)31/h13,15-16,18,20,22,24,29,31H,7-12,14H2,1-6H3,(H,33,34)/b17-13+/t16?,18-,20?,22?,24?/m1/s1. The Bertz CT molecular complexity index is 940. The number of thiazole rings is 1. The van der Waals surface area contributed by atoms with Gasteiger partial charge in [-0.2, -0.15) is 0 Å². The van der Waals surface area contributed by atoms with Crippen molar-refractivity contribution in [3.8, 4) is 0 Å². The maximum atomic E-state index is 13.2. The second-order valence-electron chi connectivity index (χ2n) is 10.8. The molecule has 0 radical (unpaired) electrons. The van der Waals surface area contributed by atoms with Gasteiger partial charge in [0.15, 0.2) is 0 Å². The summed E-state index contributed by atoms with van der Waals surface area (Å²) in [5.74, 6) is -1.10. The van der Waals surface area contributed by atoms with Crippen LogP contribution in [0.3, 0.4) is 0 Å². The number of nitrogens with zero attached hydrogens (tertiary/aromatic N) is 1. The van der Waals surface area contributed by atoms with Gasteiger partial charge in [0.05, 0.1) is 16.8 Å². The Hall–Kier alpha value is -2.26. The SMILES string of the molecule is C/C(=C\c1csc(C)n1)C1CC(NC(=O)O)CCCCC(C)C(O)[C@@H](C)C(=O)C(C)(C)CCC(=O)O1. The minimum absolute atomic E-state index is 0.0493. The molecule has 1 aromatic heterocycles. The van der Waals surface area contributed by atoms with Gasteiger partial charge in [0.2, 0.25) is 0 Å². The van der Waals surface area contributed by atoms with Gasteiger partial charge in [0, 0.05) is 35.6 Å². The second kappa shape index (κ2) is 13.3. The van der Waals surface area contributed by atoms with Gasteiger partial charge >= 0.3 is 12.1 Å². The molecular formula is C27H42N2O6S. The number of aromatic nitrogens is 1. The van der Waals surface area contributed by atoms with Crippen molar-refractivity contribution in [2.45, 2.75) is 105 Å². The van der Waals surface area contributed by atoms with E-state index in [1.807, 2.05) is 32.2 Å². The molecule has 36 heavy (non-hydrogen) atoms. The average molecular weight is 523 g/mol. The summed E-state index contributed by atoms with van der Waals surface area (Å²) in [6, 6.07) is -0.397. The number of esters is 1. The minimum atomic E-state index is -1.12. The smallest absolute Gasteiger partial charge is 0.404 e. The molecule has 1 aromatic rings. The first-order chi connectivity index (χ1) is 16.8. The van der Waals surface area contributed by atoms with Crippen molar-refractivity contribution in [3.05, 3.63) is 21.7 Å². The molecule has 0 aromatic carbocycles. The van der Waals surface area contributed by atoms with Gasteiger partial charge in [0.1, 0.15) is 11.9 Å². The van der Waals surface area contributed by atoms with E-state index in [0.717, 1.165) is 35.5 Å². The van der Waals surface area contributed by atoms with E-state index in [1.165, 1.54) is 11.3 Å². The number of carboxylic acid groups (broad SMARTS) is 1. The van der Waals surface area contributed by atoms with E-state index in [0.29, 0.717) is 19.3 Å². The minimum Gasteiger partial charge on any atom is -0.465 e. The molecule has 0 aliphatic carbocycles. The summed E-state index contributed by atoms with van der Waals surface area (Å²) in [5, 5.41) is 25.6. The molecule has 3 N–H and O–H groups in total. The van der Waals surface area contributed by atoms with E-state index in [2.05, 4.69) is 10.3 Å². The summed E-state index contributed by atoms with van der Waals surface area (Å²) < 4.78 is 5.87. The van der Waals surface area contributed by atoms with Crippen molar-refractivity contribution in [3.63, 3.8) is 0 Å². The maximum Gasteiger partial charge on any atom is 0.404 e. The molecule has 1 aliphatic rings. The summed E-state index contributed by atoms with van der Waals surface area (Å²) >= 11 is 1.53. The summed E-state index contributed by atoms with van der Waals surface area (Å²) in [4.78, 5) is 42.0. The third-order valence-electron chi connectivity index (χ3n) is 7.21.